The SMILES string of the molecule is CC(=O)SCC1CC(=O)N(Cc2cccc(NC(=O)OC(C)(C)C)c2)C1. The highest BCUT2D eigenvalue weighted by molar-refractivity contribution is 8.13. The number of benzene rings is 1. The third kappa shape index (κ3) is 6.71. The molecule has 1 saturated heterocycles. The number of hydrogen-bond donors (Lipinski definition) is 1. The van der Waals surface area contributed by atoms with E-state index in [4.69, 9.17) is 4.74 Å². The molecule has 2 rings (SSSR count). The van der Waals surface area contributed by atoms with E-state index in [0.29, 0.717) is 31.0 Å². The van der Waals surface area contributed by atoms with Gasteiger partial charge >= 0.3 is 6.09 Å². The van der Waals surface area contributed by atoms with E-state index in [9.17, 15) is 14.4 Å². The van der Waals surface area contributed by atoms with Crippen molar-refractivity contribution in [2.24, 2.45) is 5.92 Å². The molecule has 0 aromatic heterocycles. The van der Waals surface area contributed by atoms with E-state index in [-0.39, 0.29) is 16.9 Å². The zero-order valence-electron chi connectivity index (χ0n) is 15.7. The Hall–Kier alpha value is -2.02. The van der Waals surface area contributed by atoms with Crippen LogP contribution in [-0.2, 0) is 20.9 Å². The molecule has 0 radical (unpaired) electrons. The van der Waals surface area contributed by atoms with E-state index < -0.39 is 11.7 Å². The Kier molecular flexibility index (Phi) is 6.69. The van der Waals surface area contributed by atoms with Crippen molar-refractivity contribution in [3.63, 3.8) is 0 Å². The van der Waals surface area contributed by atoms with Crippen LogP contribution in [0.2, 0.25) is 0 Å². The average Bonchev–Trinajstić information content (AvgIpc) is 2.83. The third-order valence-electron chi connectivity index (χ3n) is 3.76. The number of nitrogens with zero attached hydrogens (tertiary/aromatic N) is 1. The van der Waals surface area contributed by atoms with Gasteiger partial charge in [0.1, 0.15) is 5.60 Å². The van der Waals surface area contributed by atoms with Crippen LogP contribution in [0.25, 0.3) is 0 Å². The summed E-state index contributed by atoms with van der Waals surface area (Å²) in [6.45, 7) is 8.11. The van der Waals surface area contributed by atoms with Gasteiger partial charge in [-0.3, -0.25) is 14.9 Å². The molecule has 6 nitrogen and oxygen atoms in total. The number of amides is 2. The molecule has 26 heavy (non-hydrogen) atoms. The summed E-state index contributed by atoms with van der Waals surface area (Å²) in [5.74, 6) is 0.988. The van der Waals surface area contributed by atoms with Crippen molar-refractivity contribution < 1.29 is 19.1 Å². The molecule has 0 spiro atoms. The van der Waals surface area contributed by atoms with Crippen molar-refractivity contribution in [2.45, 2.75) is 46.3 Å². The fraction of sp³-hybridized carbons (Fsp3) is 0.526. The van der Waals surface area contributed by atoms with Crippen molar-refractivity contribution in [3.8, 4) is 0 Å². The van der Waals surface area contributed by atoms with Crippen LogP contribution in [0, 0.1) is 5.92 Å². The molecule has 0 saturated carbocycles. The average molecular weight is 378 g/mol. The van der Waals surface area contributed by atoms with E-state index in [1.807, 2.05) is 39.0 Å². The largest absolute Gasteiger partial charge is 0.444 e. The zero-order valence-corrected chi connectivity index (χ0v) is 16.5. The summed E-state index contributed by atoms with van der Waals surface area (Å²) < 4.78 is 5.25. The Morgan fingerprint density at radius 2 is 2.08 bits per heavy atom. The summed E-state index contributed by atoms with van der Waals surface area (Å²) in [7, 11) is 0. The molecule has 1 unspecified atom stereocenters. The number of hydrogen-bond acceptors (Lipinski definition) is 5. The zero-order chi connectivity index (χ0) is 19.3. The standard InChI is InChI=1S/C19H26N2O4S/c1-13(22)26-12-15-9-17(23)21(11-15)10-14-6-5-7-16(8-14)20-18(24)25-19(2,3)4/h5-8,15H,9-12H2,1-4H3,(H,20,24). The van der Waals surface area contributed by atoms with Gasteiger partial charge in [0, 0.05) is 37.9 Å². The minimum atomic E-state index is -0.559. The minimum Gasteiger partial charge on any atom is -0.444 e. The second-order valence-corrected chi connectivity index (χ2v) is 8.67. The fourth-order valence-corrected chi connectivity index (χ4v) is 3.44. The quantitative estimate of drug-likeness (QED) is 0.846. The van der Waals surface area contributed by atoms with Crippen LogP contribution in [-0.4, -0.2) is 39.9 Å². The topological polar surface area (TPSA) is 75.7 Å². The predicted molar refractivity (Wildman–Crippen MR) is 103 cm³/mol. The van der Waals surface area contributed by atoms with Crippen LogP contribution in [0.4, 0.5) is 10.5 Å². The maximum Gasteiger partial charge on any atom is 0.412 e. The Labute approximate surface area is 158 Å². The van der Waals surface area contributed by atoms with Gasteiger partial charge in [-0.15, -0.1) is 0 Å². The van der Waals surface area contributed by atoms with Gasteiger partial charge in [0.25, 0.3) is 0 Å². The van der Waals surface area contributed by atoms with Crippen LogP contribution in [0.5, 0.6) is 0 Å². The molecular weight excluding hydrogens is 352 g/mol. The second kappa shape index (κ2) is 8.58. The molecule has 0 bridgehead atoms. The molecule has 1 N–H and O–H groups in total. The van der Waals surface area contributed by atoms with Crippen LogP contribution in [0.1, 0.15) is 39.7 Å². The van der Waals surface area contributed by atoms with Crippen molar-refractivity contribution in [1.29, 1.82) is 0 Å². The molecule has 1 aliphatic rings. The molecule has 1 aliphatic heterocycles. The van der Waals surface area contributed by atoms with Crippen molar-refractivity contribution in [2.75, 3.05) is 17.6 Å². The van der Waals surface area contributed by atoms with Crippen LogP contribution < -0.4 is 5.32 Å². The maximum atomic E-state index is 12.2. The smallest absolute Gasteiger partial charge is 0.412 e. The number of carbonyl (C=O) groups excluding carboxylic acids is 3. The highest BCUT2D eigenvalue weighted by Gasteiger charge is 2.29. The summed E-state index contributed by atoms with van der Waals surface area (Å²) in [6, 6.07) is 7.39. The highest BCUT2D eigenvalue weighted by atomic mass is 32.2. The molecule has 1 aromatic carbocycles. The first kappa shape index (κ1) is 20.3. The lowest BCUT2D eigenvalue weighted by molar-refractivity contribution is -0.128. The molecule has 7 heteroatoms. The van der Waals surface area contributed by atoms with Gasteiger partial charge in [0.2, 0.25) is 5.91 Å². The van der Waals surface area contributed by atoms with Crippen molar-refractivity contribution in [1.82, 2.24) is 4.90 Å². The molecule has 0 aliphatic carbocycles. The number of nitrogens with one attached hydrogen (secondary N) is 1. The van der Waals surface area contributed by atoms with Crippen molar-refractivity contribution in [3.05, 3.63) is 29.8 Å². The lowest BCUT2D eigenvalue weighted by Crippen LogP contribution is -2.27. The van der Waals surface area contributed by atoms with Crippen LogP contribution in [0.3, 0.4) is 0 Å². The van der Waals surface area contributed by atoms with E-state index in [1.165, 1.54) is 11.8 Å². The summed E-state index contributed by atoms with van der Waals surface area (Å²) in [5, 5.41) is 2.79. The van der Waals surface area contributed by atoms with Crippen LogP contribution in [0.15, 0.2) is 24.3 Å². The molecule has 2 amide bonds. The molecular formula is C19H26N2O4S. The van der Waals surface area contributed by atoms with Gasteiger partial charge in [0.15, 0.2) is 5.12 Å². The summed E-state index contributed by atoms with van der Waals surface area (Å²) in [5.41, 5.74) is 1.01. The fourth-order valence-electron chi connectivity index (χ4n) is 2.74. The van der Waals surface area contributed by atoms with Crippen molar-refractivity contribution >= 4 is 34.6 Å². The van der Waals surface area contributed by atoms with E-state index in [2.05, 4.69) is 5.32 Å². The number of carbonyl (C=O) groups is 3. The molecule has 1 atom stereocenters. The van der Waals surface area contributed by atoms with E-state index >= 15 is 0 Å². The first-order chi connectivity index (χ1) is 12.1. The summed E-state index contributed by atoms with van der Waals surface area (Å²) in [6.07, 6.45) is -0.0240. The molecule has 1 heterocycles. The van der Waals surface area contributed by atoms with Gasteiger partial charge in [-0.05, 0) is 44.4 Å². The molecule has 1 aromatic rings. The number of rotatable bonds is 5. The van der Waals surface area contributed by atoms with Gasteiger partial charge in [-0.1, -0.05) is 23.9 Å². The number of anilines is 1. The minimum absolute atomic E-state index is 0.0804. The Morgan fingerprint density at radius 3 is 2.73 bits per heavy atom. The molecule has 1 fully saturated rings. The normalized spacial score (nSPS) is 17.3. The number of ether oxygens (including phenoxy) is 1. The second-order valence-electron chi connectivity index (χ2n) is 7.47. The van der Waals surface area contributed by atoms with Crippen LogP contribution >= 0.6 is 11.8 Å². The number of thioether (sulfide) groups is 1. The molecule has 142 valence electrons. The Bertz CT molecular complexity index is 684. The monoisotopic (exact) mass is 378 g/mol. The third-order valence-corrected chi connectivity index (χ3v) is 4.81. The summed E-state index contributed by atoms with van der Waals surface area (Å²) in [4.78, 5) is 37.0. The highest BCUT2D eigenvalue weighted by Crippen LogP contribution is 2.24. The first-order valence-electron chi connectivity index (χ1n) is 8.62. The first-order valence-corrected chi connectivity index (χ1v) is 9.61. The van der Waals surface area contributed by atoms with Gasteiger partial charge in [0.05, 0.1) is 0 Å². The van der Waals surface area contributed by atoms with Gasteiger partial charge < -0.3 is 9.64 Å². The van der Waals surface area contributed by atoms with E-state index in [0.717, 1.165) is 5.56 Å². The summed E-state index contributed by atoms with van der Waals surface area (Å²) >= 11 is 1.27. The lowest BCUT2D eigenvalue weighted by atomic mass is 10.1. The Balaban J connectivity index is 1.93. The maximum absolute atomic E-state index is 12.2. The lowest BCUT2D eigenvalue weighted by Gasteiger charge is -2.20. The predicted octanol–water partition coefficient (Wildman–Crippen LogP) is 3.66. The van der Waals surface area contributed by atoms with Gasteiger partial charge in [-0.25, -0.2) is 4.79 Å². The van der Waals surface area contributed by atoms with Gasteiger partial charge in [-0.2, -0.15) is 0 Å². The Morgan fingerprint density at radius 1 is 1.35 bits per heavy atom. The number of likely N-dealkylation sites (tertiary alicyclic amines) is 1. The van der Waals surface area contributed by atoms with E-state index in [1.54, 1.807) is 17.9 Å².